The quantitative estimate of drug-likeness (QED) is 0.715. The molecule has 1 heterocycles. The van der Waals surface area contributed by atoms with E-state index in [0.29, 0.717) is 19.0 Å². The number of hydrogen-bond donors (Lipinski definition) is 2. The number of rotatable bonds is 4. The zero-order valence-electron chi connectivity index (χ0n) is 14.0. The molecule has 1 aliphatic rings. The molecule has 7 nitrogen and oxygen atoms in total. The maximum absolute atomic E-state index is 12.8. The number of carbonyl (C=O) groups is 1. The van der Waals surface area contributed by atoms with Gasteiger partial charge in [-0.05, 0) is 22.9 Å². The first-order valence-electron chi connectivity index (χ1n) is 8.12. The Labute approximate surface area is 155 Å². The largest absolute Gasteiger partial charge is 0.486 e. The molecular weight excluding hydrogens is 370 g/mol. The molecule has 8 heteroatoms. The van der Waals surface area contributed by atoms with Gasteiger partial charge in [0.15, 0.2) is 11.5 Å². The van der Waals surface area contributed by atoms with Crippen molar-refractivity contribution in [3.8, 4) is 11.5 Å². The maximum atomic E-state index is 12.8. The standard InChI is InChI=1S/C19H15NO6S/c21-19(22)15-10-17-18(26-8-7-25-17)11-16(15)20-27(23,24)14-6-5-12-3-1-2-4-13(12)9-14/h1-6,9-11,20H,7-8H2,(H,21,22). The van der Waals surface area contributed by atoms with Crippen LogP contribution in [0.5, 0.6) is 11.5 Å². The molecule has 0 unspecified atom stereocenters. The second-order valence-electron chi connectivity index (χ2n) is 5.96. The molecule has 2 N–H and O–H groups in total. The molecule has 0 atom stereocenters. The van der Waals surface area contributed by atoms with Crippen molar-refractivity contribution in [3.63, 3.8) is 0 Å². The number of ether oxygens (including phenoxy) is 2. The van der Waals surface area contributed by atoms with Crippen molar-refractivity contribution < 1.29 is 27.8 Å². The van der Waals surface area contributed by atoms with Crippen LogP contribution in [0.3, 0.4) is 0 Å². The minimum absolute atomic E-state index is 0.0347. The predicted molar refractivity (Wildman–Crippen MR) is 99.1 cm³/mol. The number of fused-ring (bicyclic) bond motifs is 2. The van der Waals surface area contributed by atoms with E-state index in [-0.39, 0.29) is 21.9 Å². The summed E-state index contributed by atoms with van der Waals surface area (Å²) in [5.41, 5.74) is -0.302. The van der Waals surface area contributed by atoms with Gasteiger partial charge in [-0.25, -0.2) is 13.2 Å². The Bertz CT molecular complexity index is 1160. The fourth-order valence-electron chi connectivity index (χ4n) is 2.89. The van der Waals surface area contributed by atoms with Gasteiger partial charge in [0, 0.05) is 12.1 Å². The lowest BCUT2D eigenvalue weighted by Gasteiger charge is -2.20. The van der Waals surface area contributed by atoms with Crippen molar-refractivity contribution in [1.82, 2.24) is 0 Å². The molecule has 138 valence electrons. The molecule has 0 saturated carbocycles. The van der Waals surface area contributed by atoms with Gasteiger partial charge in [0.05, 0.1) is 16.1 Å². The van der Waals surface area contributed by atoms with Crippen molar-refractivity contribution in [2.24, 2.45) is 0 Å². The first kappa shape index (κ1) is 17.2. The summed E-state index contributed by atoms with van der Waals surface area (Å²) in [4.78, 5) is 11.6. The second-order valence-corrected chi connectivity index (χ2v) is 7.64. The van der Waals surface area contributed by atoms with Crippen LogP contribution in [0.1, 0.15) is 10.4 Å². The highest BCUT2D eigenvalue weighted by Crippen LogP contribution is 2.36. The molecule has 1 aliphatic heterocycles. The highest BCUT2D eigenvalue weighted by atomic mass is 32.2. The Kier molecular flexibility index (Phi) is 4.12. The molecule has 27 heavy (non-hydrogen) atoms. The summed E-state index contributed by atoms with van der Waals surface area (Å²) in [6, 6.07) is 14.7. The zero-order chi connectivity index (χ0) is 19.0. The van der Waals surface area contributed by atoms with Crippen LogP contribution in [0.25, 0.3) is 10.8 Å². The van der Waals surface area contributed by atoms with Crippen LogP contribution in [-0.2, 0) is 10.0 Å². The highest BCUT2D eigenvalue weighted by molar-refractivity contribution is 7.92. The topological polar surface area (TPSA) is 102 Å². The third-order valence-electron chi connectivity index (χ3n) is 4.19. The number of anilines is 1. The lowest BCUT2D eigenvalue weighted by molar-refractivity contribution is 0.0697. The van der Waals surface area contributed by atoms with E-state index in [1.807, 2.05) is 18.2 Å². The van der Waals surface area contributed by atoms with Crippen LogP contribution in [0.2, 0.25) is 0 Å². The molecule has 0 aliphatic carbocycles. The minimum Gasteiger partial charge on any atom is -0.486 e. The van der Waals surface area contributed by atoms with Gasteiger partial charge in [0.25, 0.3) is 10.0 Å². The van der Waals surface area contributed by atoms with E-state index < -0.39 is 16.0 Å². The SMILES string of the molecule is O=C(O)c1cc2c(cc1NS(=O)(=O)c1ccc3ccccc3c1)OCCO2. The van der Waals surface area contributed by atoms with Gasteiger partial charge in [-0.3, -0.25) is 4.72 Å². The number of aromatic carboxylic acids is 1. The van der Waals surface area contributed by atoms with E-state index in [2.05, 4.69) is 4.72 Å². The zero-order valence-corrected chi connectivity index (χ0v) is 14.8. The predicted octanol–water partition coefficient (Wildman–Crippen LogP) is 3.11. The summed E-state index contributed by atoms with van der Waals surface area (Å²) in [5.74, 6) is -0.710. The lowest BCUT2D eigenvalue weighted by atomic mass is 10.1. The Morgan fingerprint density at radius 3 is 2.30 bits per heavy atom. The van der Waals surface area contributed by atoms with Gasteiger partial charge in [-0.15, -0.1) is 0 Å². The number of nitrogens with one attached hydrogen (secondary N) is 1. The van der Waals surface area contributed by atoms with E-state index in [1.165, 1.54) is 24.3 Å². The first-order chi connectivity index (χ1) is 12.9. The number of benzene rings is 3. The summed E-state index contributed by atoms with van der Waals surface area (Å²) in [5, 5.41) is 11.1. The Morgan fingerprint density at radius 1 is 0.926 bits per heavy atom. The molecule has 0 aromatic heterocycles. The molecule has 0 amide bonds. The number of sulfonamides is 1. The normalized spacial score (nSPS) is 13.3. The molecule has 0 bridgehead atoms. The van der Waals surface area contributed by atoms with E-state index in [9.17, 15) is 18.3 Å². The van der Waals surface area contributed by atoms with Crippen LogP contribution in [0, 0.1) is 0 Å². The second kappa shape index (κ2) is 6.48. The smallest absolute Gasteiger partial charge is 0.337 e. The number of carboxylic acids is 1. The summed E-state index contributed by atoms with van der Waals surface area (Å²) >= 11 is 0. The van der Waals surface area contributed by atoms with Crippen LogP contribution >= 0.6 is 0 Å². The molecular formula is C19H15NO6S. The highest BCUT2D eigenvalue weighted by Gasteiger charge is 2.23. The third kappa shape index (κ3) is 3.26. The summed E-state index contributed by atoms with van der Waals surface area (Å²) < 4.78 is 38.8. The molecule has 3 aromatic carbocycles. The van der Waals surface area contributed by atoms with E-state index in [0.717, 1.165) is 10.8 Å². The fourth-order valence-corrected chi connectivity index (χ4v) is 3.99. The van der Waals surface area contributed by atoms with Crippen molar-refractivity contribution in [1.29, 1.82) is 0 Å². The summed E-state index contributed by atoms with van der Waals surface area (Å²) in [7, 11) is -4.00. The van der Waals surface area contributed by atoms with Crippen molar-refractivity contribution in [3.05, 3.63) is 60.2 Å². The number of hydrogen-bond acceptors (Lipinski definition) is 5. The van der Waals surface area contributed by atoms with Gasteiger partial charge >= 0.3 is 5.97 Å². The molecule has 4 rings (SSSR count). The Morgan fingerprint density at radius 2 is 1.59 bits per heavy atom. The Hall–Kier alpha value is -3.26. The van der Waals surface area contributed by atoms with E-state index in [1.54, 1.807) is 12.1 Å². The van der Waals surface area contributed by atoms with Gasteiger partial charge in [-0.2, -0.15) is 0 Å². The molecule has 3 aromatic rings. The van der Waals surface area contributed by atoms with Crippen molar-refractivity contribution in [2.75, 3.05) is 17.9 Å². The Balaban J connectivity index is 1.76. The van der Waals surface area contributed by atoms with Crippen LogP contribution in [0.15, 0.2) is 59.5 Å². The average Bonchev–Trinajstić information content (AvgIpc) is 2.66. The van der Waals surface area contributed by atoms with Gasteiger partial charge in [0.2, 0.25) is 0 Å². The molecule has 0 fully saturated rings. The average molecular weight is 385 g/mol. The fraction of sp³-hybridized carbons (Fsp3) is 0.105. The van der Waals surface area contributed by atoms with Crippen molar-refractivity contribution in [2.45, 2.75) is 4.90 Å². The molecule has 0 saturated heterocycles. The van der Waals surface area contributed by atoms with Crippen LogP contribution in [-0.4, -0.2) is 32.7 Å². The first-order valence-corrected chi connectivity index (χ1v) is 9.61. The van der Waals surface area contributed by atoms with Gasteiger partial charge in [-0.1, -0.05) is 30.3 Å². The number of carboxylic acid groups (broad SMARTS) is 1. The minimum atomic E-state index is -4.00. The van der Waals surface area contributed by atoms with E-state index in [4.69, 9.17) is 9.47 Å². The van der Waals surface area contributed by atoms with Crippen LogP contribution < -0.4 is 14.2 Å². The van der Waals surface area contributed by atoms with Crippen LogP contribution in [0.4, 0.5) is 5.69 Å². The lowest BCUT2D eigenvalue weighted by Crippen LogP contribution is -2.19. The summed E-state index contributed by atoms with van der Waals surface area (Å²) in [6.45, 7) is 0.602. The summed E-state index contributed by atoms with van der Waals surface area (Å²) in [6.07, 6.45) is 0. The molecule has 0 radical (unpaired) electrons. The third-order valence-corrected chi connectivity index (χ3v) is 5.55. The van der Waals surface area contributed by atoms with Crippen molar-refractivity contribution >= 4 is 32.5 Å². The maximum Gasteiger partial charge on any atom is 0.337 e. The molecule has 0 spiro atoms. The van der Waals surface area contributed by atoms with E-state index >= 15 is 0 Å². The monoisotopic (exact) mass is 385 g/mol. The van der Waals surface area contributed by atoms with Gasteiger partial charge < -0.3 is 14.6 Å². The van der Waals surface area contributed by atoms with Gasteiger partial charge in [0.1, 0.15) is 13.2 Å².